The van der Waals surface area contributed by atoms with Gasteiger partial charge in [0, 0.05) is 23.7 Å². The molecular formula is C16H14O2. The maximum Gasteiger partial charge on any atom is 0.140 e. The number of carbonyl (C=O) groups is 2. The van der Waals surface area contributed by atoms with Crippen LogP contribution >= 0.6 is 0 Å². The lowest BCUT2D eigenvalue weighted by Crippen LogP contribution is -2.47. The molecule has 7 aliphatic carbocycles. The second kappa shape index (κ2) is 1.97. The lowest BCUT2D eigenvalue weighted by atomic mass is 9.59. The number of allylic oxidation sites excluding steroid dienone is 2. The molecule has 7 aliphatic rings. The Balaban J connectivity index is 1.65. The Labute approximate surface area is 105 Å². The van der Waals surface area contributed by atoms with E-state index in [0.717, 1.165) is 5.92 Å². The van der Waals surface area contributed by atoms with Crippen molar-refractivity contribution < 1.29 is 9.59 Å². The van der Waals surface area contributed by atoms with Gasteiger partial charge in [-0.3, -0.25) is 9.59 Å². The van der Waals surface area contributed by atoms with Gasteiger partial charge < -0.3 is 0 Å². The molecule has 0 aromatic heterocycles. The van der Waals surface area contributed by atoms with Crippen LogP contribution in [0.5, 0.6) is 0 Å². The first-order valence-corrected chi connectivity index (χ1v) is 7.56. The normalized spacial score (nSPS) is 78.0. The van der Waals surface area contributed by atoms with E-state index in [1.165, 1.54) is 0 Å². The van der Waals surface area contributed by atoms with Crippen molar-refractivity contribution in [3.8, 4) is 0 Å². The molecule has 0 saturated heterocycles. The molecule has 2 heteroatoms. The van der Waals surface area contributed by atoms with Gasteiger partial charge in [-0.15, -0.1) is 0 Å². The average Bonchev–Trinajstić information content (AvgIpc) is 2.98. The minimum Gasteiger partial charge on any atom is -0.299 e. The highest BCUT2D eigenvalue weighted by atomic mass is 16.1. The van der Waals surface area contributed by atoms with Crippen LogP contribution in [0.25, 0.3) is 0 Å². The van der Waals surface area contributed by atoms with Gasteiger partial charge in [0.15, 0.2) is 0 Å². The SMILES string of the molecule is O=C1[C@H]2[C@H]3C(=O)[C@H]4[C@H]5C6C7[C@@H](C=C[C@@H]74)[C@@H]1[C@@H]6[C@H]2[C@H]35. The van der Waals surface area contributed by atoms with E-state index in [2.05, 4.69) is 12.2 Å². The Morgan fingerprint density at radius 3 is 1.50 bits per heavy atom. The minimum atomic E-state index is 0.184. The number of hydrogen-bond acceptors (Lipinski definition) is 2. The van der Waals surface area contributed by atoms with E-state index in [9.17, 15) is 9.59 Å². The van der Waals surface area contributed by atoms with Gasteiger partial charge in [-0.2, -0.15) is 0 Å². The van der Waals surface area contributed by atoms with Crippen LogP contribution in [0.3, 0.4) is 0 Å². The summed E-state index contributed by atoms with van der Waals surface area (Å²) >= 11 is 0. The van der Waals surface area contributed by atoms with Crippen molar-refractivity contribution in [2.45, 2.75) is 0 Å². The van der Waals surface area contributed by atoms with Crippen LogP contribution in [0, 0.1) is 71.0 Å². The van der Waals surface area contributed by atoms with Crippen LogP contribution in [0.2, 0.25) is 0 Å². The Hall–Kier alpha value is -0.920. The molecule has 12 atom stereocenters. The summed E-state index contributed by atoms with van der Waals surface area (Å²) in [6, 6.07) is 0. The molecule has 6 saturated carbocycles. The van der Waals surface area contributed by atoms with Crippen LogP contribution in [-0.2, 0) is 9.59 Å². The largest absolute Gasteiger partial charge is 0.299 e. The van der Waals surface area contributed by atoms with Crippen LogP contribution in [-0.4, -0.2) is 11.6 Å². The zero-order chi connectivity index (χ0) is 11.5. The van der Waals surface area contributed by atoms with Gasteiger partial charge >= 0.3 is 0 Å². The first-order chi connectivity index (χ1) is 8.80. The Kier molecular flexibility index (Phi) is 0.908. The predicted molar refractivity (Wildman–Crippen MR) is 61.0 cm³/mol. The highest BCUT2D eigenvalue weighted by Crippen LogP contribution is 2.85. The summed E-state index contributed by atoms with van der Waals surface area (Å²) in [4.78, 5) is 25.4. The Bertz CT molecular complexity index is 554. The Morgan fingerprint density at radius 2 is 1.00 bits per heavy atom. The molecule has 0 heterocycles. The van der Waals surface area contributed by atoms with Crippen molar-refractivity contribution in [1.29, 1.82) is 0 Å². The molecule has 0 amide bonds. The summed E-state index contributed by atoms with van der Waals surface area (Å²) in [5, 5.41) is 0. The summed E-state index contributed by atoms with van der Waals surface area (Å²) in [5.41, 5.74) is 0. The van der Waals surface area contributed by atoms with Gasteiger partial charge in [0.1, 0.15) is 11.6 Å². The quantitative estimate of drug-likeness (QED) is 0.594. The third kappa shape index (κ3) is 0.466. The van der Waals surface area contributed by atoms with Crippen molar-refractivity contribution in [1.82, 2.24) is 0 Å². The number of fused-ring (bicyclic) bond motifs is 3. The number of Topliss-reactive ketones (excluding diaryl/α,β-unsaturated/α-hetero) is 2. The highest BCUT2D eigenvalue weighted by Gasteiger charge is 2.86. The molecule has 0 radical (unpaired) electrons. The van der Waals surface area contributed by atoms with Crippen molar-refractivity contribution in [3.63, 3.8) is 0 Å². The summed E-state index contributed by atoms with van der Waals surface area (Å²) in [6.07, 6.45) is 4.65. The molecule has 0 aromatic carbocycles. The van der Waals surface area contributed by atoms with Gasteiger partial charge in [0.2, 0.25) is 0 Å². The first-order valence-electron chi connectivity index (χ1n) is 7.56. The fourth-order valence-electron chi connectivity index (χ4n) is 8.50. The molecule has 18 heavy (non-hydrogen) atoms. The minimum absolute atomic E-state index is 0.184. The summed E-state index contributed by atoms with van der Waals surface area (Å²) in [6.45, 7) is 0. The van der Waals surface area contributed by atoms with Crippen molar-refractivity contribution in [3.05, 3.63) is 12.2 Å². The molecule has 0 aromatic rings. The lowest BCUT2D eigenvalue weighted by molar-refractivity contribution is -0.141. The standard InChI is InChI=1S/C16H14O2/c17-15-6-3-1-2-4-5(3)8-9(6)11-12-10(8)7(4)16(18)14(12)13(11)15/h1-14H/t3-,4+,5?,6-,7-,8?,9+,10+,11+,12-,13-,14+/m1/s1. The van der Waals surface area contributed by atoms with Crippen LogP contribution in [0.1, 0.15) is 0 Å². The van der Waals surface area contributed by atoms with Gasteiger partial charge in [-0.1, -0.05) is 12.2 Å². The van der Waals surface area contributed by atoms with E-state index in [0.29, 0.717) is 64.8 Å². The van der Waals surface area contributed by atoms with E-state index >= 15 is 0 Å². The second-order valence-electron chi connectivity index (χ2n) is 7.91. The Morgan fingerprint density at radius 1 is 0.556 bits per heavy atom. The maximum absolute atomic E-state index is 12.7. The van der Waals surface area contributed by atoms with Crippen LogP contribution in [0.4, 0.5) is 0 Å². The summed E-state index contributed by atoms with van der Waals surface area (Å²) < 4.78 is 0. The van der Waals surface area contributed by atoms with Crippen LogP contribution in [0.15, 0.2) is 12.2 Å². The third-order valence-electron chi connectivity index (χ3n) is 8.30. The van der Waals surface area contributed by atoms with E-state index in [1.54, 1.807) is 0 Å². The zero-order valence-electron chi connectivity index (χ0n) is 9.90. The van der Waals surface area contributed by atoms with Crippen molar-refractivity contribution >= 4 is 11.6 Å². The monoisotopic (exact) mass is 238 g/mol. The predicted octanol–water partition coefficient (Wildman–Crippen LogP) is 1.17. The molecule has 6 fully saturated rings. The van der Waals surface area contributed by atoms with Gasteiger partial charge in [-0.25, -0.2) is 0 Å². The lowest BCUT2D eigenvalue weighted by Gasteiger charge is -2.42. The maximum atomic E-state index is 12.7. The first kappa shape index (κ1) is 8.29. The molecule has 2 unspecified atom stereocenters. The van der Waals surface area contributed by atoms with Crippen molar-refractivity contribution in [2.24, 2.45) is 71.0 Å². The second-order valence-corrected chi connectivity index (χ2v) is 7.91. The van der Waals surface area contributed by atoms with Gasteiger partial charge in [0.25, 0.3) is 0 Å². The summed E-state index contributed by atoms with van der Waals surface area (Å²) in [5.74, 6) is 7.25. The number of hydrogen-bond donors (Lipinski definition) is 0. The van der Waals surface area contributed by atoms with Gasteiger partial charge in [-0.05, 0) is 47.3 Å². The van der Waals surface area contributed by atoms with Crippen LogP contribution < -0.4 is 0 Å². The smallest absolute Gasteiger partial charge is 0.140 e. The third-order valence-corrected chi connectivity index (χ3v) is 8.30. The number of ketones is 2. The molecule has 90 valence electrons. The molecule has 7 rings (SSSR count). The summed E-state index contributed by atoms with van der Waals surface area (Å²) in [7, 11) is 0. The molecular weight excluding hydrogens is 224 g/mol. The van der Waals surface area contributed by atoms with E-state index in [-0.39, 0.29) is 11.8 Å². The highest BCUT2D eigenvalue weighted by molar-refractivity contribution is 6.00. The van der Waals surface area contributed by atoms with Gasteiger partial charge in [0.05, 0.1) is 0 Å². The average molecular weight is 238 g/mol. The molecule has 0 aliphatic heterocycles. The van der Waals surface area contributed by atoms with E-state index in [1.807, 2.05) is 0 Å². The zero-order valence-corrected chi connectivity index (χ0v) is 9.90. The van der Waals surface area contributed by atoms with E-state index in [4.69, 9.17) is 0 Å². The van der Waals surface area contributed by atoms with Crippen molar-refractivity contribution in [2.75, 3.05) is 0 Å². The van der Waals surface area contributed by atoms with E-state index < -0.39 is 0 Å². The molecule has 2 nitrogen and oxygen atoms in total. The number of carbonyl (C=O) groups excluding carboxylic acids is 2. The molecule has 0 N–H and O–H groups in total. The topological polar surface area (TPSA) is 34.1 Å². The fraction of sp³-hybridized carbons (Fsp3) is 0.750. The molecule has 0 spiro atoms. The fourth-order valence-corrected chi connectivity index (χ4v) is 8.50. The number of rotatable bonds is 0. The molecule has 0 bridgehead atoms.